The predicted molar refractivity (Wildman–Crippen MR) is 135 cm³/mol. The highest BCUT2D eigenvalue weighted by atomic mass is 19.2. The number of hydrogen-bond acceptors (Lipinski definition) is 7. The smallest absolute Gasteiger partial charge is 0.303 e. The van der Waals surface area contributed by atoms with Crippen molar-refractivity contribution in [3.63, 3.8) is 0 Å². The first-order valence-electron chi connectivity index (χ1n) is 12.1. The number of carbonyl (C=O) groups excluding carboxylic acids is 4. The maximum Gasteiger partial charge on any atom is 0.303 e. The number of carbonyl (C=O) groups is 5. The molecule has 3 N–H and O–H groups in total. The zero-order valence-corrected chi connectivity index (χ0v) is 21.4. The van der Waals surface area contributed by atoms with Crippen molar-refractivity contribution in [1.82, 2.24) is 10.3 Å². The van der Waals surface area contributed by atoms with Gasteiger partial charge >= 0.3 is 5.97 Å². The van der Waals surface area contributed by atoms with E-state index in [-0.39, 0.29) is 11.8 Å². The minimum absolute atomic E-state index is 0.0586. The number of amides is 2. The average molecular weight is 577 g/mol. The molecule has 41 heavy (non-hydrogen) atoms. The topological polar surface area (TPSA) is 152 Å². The summed E-state index contributed by atoms with van der Waals surface area (Å²) in [5, 5.41) is 14.3. The summed E-state index contributed by atoms with van der Waals surface area (Å²) in [4.78, 5) is 65.2. The fourth-order valence-electron chi connectivity index (χ4n) is 3.62. The van der Waals surface area contributed by atoms with E-state index in [1.807, 2.05) is 0 Å². The predicted octanol–water partition coefficient (Wildman–Crippen LogP) is 3.32. The minimum atomic E-state index is -1.90. The number of halogens is 4. The summed E-state index contributed by atoms with van der Waals surface area (Å²) in [6.07, 6.45) is -0.348. The SMILES string of the molecule is C[C@H](CC(=O)C(=O)Nc1cnc2ccccc2c1)C(=O)N[C@@H](CCC(=O)O)C(=O)COc1c(F)c(F)cc(F)c1F. The van der Waals surface area contributed by atoms with E-state index in [0.717, 1.165) is 0 Å². The minimum Gasteiger partial charge on any atom is -0.481 e. The number of nitrogens with one attached hydrogen (secondary N) is 2. The van der Waals surface area contributed by atoms with Gasteiger partial charge < -0.3 is 20.5 Å². The van der Waals surface area contributed by atoms with Gasteiger partial charge in [-0.3, -0.25) is 29.0 Å². The molecule has 1 heterocycles. The van der Waals surface area contributed by atoms with E-state index in [1.165, 1.54) is 13.1 Å². The third-order valence-electron chi connectivity index (χ3n) is 5.82. The van der Waals surface area contributed by atoms with Crippen LogP contribution in [0.2, 0.25) is 0 Å². The molecule has 0 aliphatic heterocycles. The molecule has 10 nitrogen and oxygen atoms in total. The van der Waals surface area contributed by atoms with Gasteiger partial charge in [0, 0.05) is 30.2 Å². The maximum atomic E-state index is 13.8. The summed E-state index contributed by atoms with van der Waals surface area (Å²) in [6, 6.07) is 7.02. The van der Waals surface area contributed by atoms with Crippen molar-refractivity contribution in [3.8, 4) is 5.75 Å². The van der Waals surface area contributed by atoms with Gasteiger partial charge in [0.25, 0.3) is 5.91 Å². The zero-order chi connectivity index (χ0) is 30.3. The number of ether oxygens (including phenoxy) is 1. The molecule has 0 saturated heterocycles. The Morgan fingerprint density at radius 1 is 1.00 bits per heavy atom. The number of anilines is 1. The molecule has 0 aliphatic carbocycles. The molecule has 3 rings (SSSR count). The lowest BCUT2D eigenvalue weighted by molar-refractivity contribution is -0.139. The molecular weight excluding hydrogens is 554 g/mol. The number of nitrogens with zero attached hydrogens (tertiary/aromatic N) is 1. The zero-order valence-electron chi connectivity index (χ0n) is 21.4. The Labute approximate surface area is 229 Å². The van der Waals surface area contributed by atoms with E-state index in [4.69, 9.17) is 5.11 Å². The second-order valence-electron chi connectivity index (χ2n) is 8.95. The summed E-state index contributed by atoms with van der Waals surface area (Å²) in [5.74, 6) is -15.4. The molecule has 0 bridgehead atoms. The lowest BCUT2D eigenvalue weighted by Crippen LogP contribution is -2.45. The van der Waals surface area contributed by atoms with Crippen LogP contribution >= 0.6 is 0 Å². The largest absolute Gasteiger partial charge is 0.481 e. The molecule has 2 aromatic carbocycles. The standard InChI is InChI=1S/C27H23F4N3O7/c1-13(8-20(35)27(40)33-15-9-14-4-2-3-5-18(14)32-11-15)26(39)34-19(6-7-22(37)38)21(36)12-41-25-23(30)16(28)10-17(29)24(25)31/h2-5,9-11,13,19H,6-8,12H2,1H3,(H,33,40)(H,34,39)(H,37,38)/t13-,19+/m1/s1. The van der Waals surface area contributed by atoms with Crippen LogP contribution in [0.1, 0.15) is 26.2 Å². The Morgan fingerprint density at radius 2 is 1.66 bits per heavy atom. The van der Waals surface area contributed by atoms with Gasteiger partial charge in [0.05, 0.1) is 23.4 Å². The summed E-state index contributed by atoms with van der Waals surface area (Å²) in [6.45, 7) is 0.0877. The number of aromatic nitrogens is 1. The fourth-order valence-corrected chi connectivity index (χ4v) is 3.62. The van der Waals surface area contributed by atoms with Crippen LogP contribution in [0.4, 0.5) is 23.2 Å². The van der Waals surface area contributed by atoms with Crippen molar-refractivity contribution in [1.29, 1.82) is 0 Å². The number of Topliss-reactive ketones (excluding diaryl/α,β-unsaturated/α-hetero) is 2. The molecule has 0 aliphatic rings. The summed E-state index contributed by atoms with van der Waals surface area (Å²) < 4.78 is 59.0. The number of hydrogen-bond donors (Lipinski definition) is 3. The molecule has 0 unspecified atom stereocenters. The van der Waals surface area contributed by atoms with Crippen molar-refractivity contribution < 1.29 is 51.4 Å². The Bertz CT molecular complexity index is 1490. The van der Waals surface area contributed by atoms with Gasteiger partial charge in [0.15, 0.2) is 23.2 Å². The number of pyridine rings is 1. The highest BCUT2D eigenvalue weighted by molar-refractivity contribution is 6.40. The van der Waals surface area contributed by atoms with Crippen LogP contribution in [0.15, 0.2) is 42.6 Å². The van der Waals surface area contributed by atoms with E-state index in [2.05, 4.69) is 20.4 Å². The van der Waals surface area contributed by atoms with Gasteiger partial charge in [-0.15, -0.1) is 0 Å². The first-order chi connectivity index (χ1) is 19.4. The molecule has 1 aromatic heterocycles. The van der Waals surface area contributed by atoms with E-state index in [0.29, 0.717) is 10.9 Å². The van der Waals surface area contributed by atoms with Crippen molar-refractivity contribution in [2.75, 3.05) is 11.9 Å². The Morgan fingerprint density at radius 3 is 2.32 bits per heavy atom. The van der Waals surface area contributed by atoms with Gasteiger partial charge in [-0.1, -0.05) is 25.1 Å². The highest BCUT2D eigenvalue weighted by Crippen LogP contribution is 2.26. The number of carboxylic acids is 1. The molecule has 216 valence electrons. The summed E-state index contributed by atoms with van der Waals surface area (Å²) in [7, 11) is 0. The number of rotatable bonds is 13. The second kappa shape index (κ2) is 13.5. The van der Waals surface area contributed by atoms with Gasteiger partial charge in [0.2, 0.25) is 23.3 Å². The number of para-hydroxylation sites is 1. The second-order valence-corrected chi connectivity index (χ2v) is 8.95. The van der Waals surface area contributed by atoms with Crippen LogP contribution in [0.5, 0.6) is 5.75 Å². The third kappa shape index (κ3) is 8.06. The van der Waals surface area contributed by atoms with Crippen LogP contribution < -0.4 is 15.4 Å². The van der Waals surface area contributed by atoms with Gasteiger partial charge in [-0.2, -0.15) is 8.78 Å². The van der Waals surface area contributed by atoms with Crippen LogP contribution in [-0.2, 0) is 24.0 Å². The molecular formula is C27H23F4N3O7. The maximum absolute atomic E-state index is 13.8. The van der Waals surface area contributed by atoms with Crippen LogP contribution in [-0.4, -0.2) is 52.1 Å². The first-order valence-corrected chi connectivity index (χ1v) is 12.1. The first kappa shape index (κ1) is 30.7. The lowest BCUT2D eigenvalue weighted by Gasteiger charge is -2.20. The van der Waals surface area contributed by atoms with Crippen molar-refractivity contribution in [2.24, 2.45) is 5.92 Å². The Kier molecular flexibility index (Phi) is 10.1. The van der Waals surface area contributed by atoms with Crippen molar-refractivity contribution in [2.45, 2.75) is 32.2 Å². The molecule has 0 radical (unpaired) electrons. The van der Waals surface area contributed by atoms with Gasteiger partial charge in [-0.25, -0.2) is 8.78 Å². The number of ketones is 2. The molecule has 2 amide bonds. The molecule has 0 fully saturated rings. The lowest BCUT2D eigenvalue weighted by atomic mass is 10.0. The van der Waals surface area contributed by atoms with Crippen molar-refractivity contribution in [3.05, 3.63) is 65.9 Å². The van der Waals surface area contributed by atoms with E-state index >= 15 is 0 Å². The quantitative estimate of drug-likeness (QED) is 0.159. The molecule has 2 atom stereocenters. The summed E-state index contributed by atoms with van der Waals surface area (Å²) in [5.41, 5.74) is 0.905. The summed E-state index contributed by atoms with van der Waals surface area (Å²) >= 11 is 0. The molecule has 0 saturated carbocycles. The van der Waals surface area contributed by atoms with Crippen LogP contribution in [0.3, 0.4) is 0 Å². The number of fused-ring (bicyclic) bond motifs is 1. The molecule has 3 aromatic rings. The van der Waals surface area contributed by atoms with E-state index in [9.17, 15) is 41.5 Å². The van der Waals surface area contributed by atoms with Crippen molar-refractivity contribution >= 4 is 45.9 Å². The van der Waals surface area contributed by atoms with Crippen LogP contribution in [0.25, 0.3) is 10.9 Å². The fraction of sp³-hybridized carbons (Fsp3) is 0.259. The van der Waals surface area contributed by atoms with Gasteiger partial charge in [-0.05, 0) is 18.6 Å². The monoisotopic (exact) mass is 577 g/mol. The highest BCUT2D eigenvalue weighted by Gasteiger charge is 2.28. The van der Waals surface area contributed by atoms with Crippen LogP contribution in [0, 0.1) is 29.2 Å². The number of carboxylic acid groups (broad SMARTS) is 1. The number of aliphatic carboxylic acids is 1. The Balaban J connectivity index is 1.61. The Hall–Kier alpha value is -4.88. The number of benzene rings is 2. The van der Waals surface area contributed by atoms with E-state index in [1.54, 1.807) is 30.3 Å². The average Bonchev–Trinajstić information content (AvgIpc) is 2.93. The third-order valence-corrected chi connectivity index (χ3v) is 5.82. The molecule has 14 heteroatoms. The van der Waals surface area contributed by atoms with E-state index < -0.39 is 96.2 Å². The normalized spacial score (nSPS) is 12.3. The van der Waals surface area contributed by atoms with Gasteiger partial charge in [0.1, 0.15) is 6.61 Å². The molecule has 0 spiro atoms.